The molecule has 0 radical (unpaired) electrons. The van der Waals surface area contributed by atoms with Crippen LogP contribution in [0.15, 0.2) is 38.2 Å². The first-order chi connectivity index (χ1) is 7.58. The first-order valence-corrected chi connectivity index (χ1v) is 7.18. The monoisotopic (exact) mass is 368 g/mol. The molecule has 0 amide bonds. The van der Waals surface area contributed by atoms with Crippen LogP contribution in [-0.4, -0.2) is 32.3 Å². The number of halogens is 2. The molecule has 0 aromatic heterocycles. The van der Waals surface area contributed by atoms with E-state index in [9.17, 15) is 9.90 Å². The van der Waals surface area contributed by atoms with Gasteiger partial charge in [-0.15, -0.1) is 0 Å². The average molecular weight is 368 g/mol. The fourth-order valence-electron chi connectivity index (χ4n) is 1.14. The van der Waals surface area contributed by atoms with E-state index in [0.717, 1.165) is 8.93 Å². The van der Waals surface area contributed by atoms with Crippen molar-refractivity contribution in [1.82, 2.24) is 0 Å². The van der Waals surface area contributed by atoms with E-state index in [1.807, 2.05) is 24.3 Å². The molecule has 1 aliphatic heterocycles. The van der Waals surface area contributed by atoms with E-state index < -0.39 is 12.3 Å². The fourth-order valence-corrected chi connectivity index (χ4v) is 3.52. The van der Waals surface area contributed by atoms with Gasteiger partial charge in [0.25, 0.3) is 0 Å². The summed E-state index contributed by atoms with van der Waals surface area (Å²) in [6.45, 7) is 0. The number of benzene rings is 1. The van der Waals surface area contributed by atoms with Crippen molar-refractivity contribution in [3.8, 4) is 0 Å². The maximum absolute atomic E-state index is 11.1. The van der Waals surface area contributed by atoms with Crippen LogP contribution in [0, 0.1) is 0 Å². The first kappa shape index (κ1) is 12.1. The van der Waals surface area contributed by atoms with E-state index in [-0.39, 0.29) is 20.0 Å². The molecule has 1 unspecified atom stereocenters. The van der Waals surface area contributed by atoms with E-state index in [1.54, 1.807) is 0 Å². The predicted molar refractivity (Wildman–Crippen MR) is 64.5 cm³/mol. The topological polar surface area (TPSA) is 46.5 Å². The Labute approximate surface area is 112 Å². The molecule has 2 rings (SSSR count). The molecule has 6 heteroatoms. The van der Waals surface area contributed by atoms with Gasteiger partial charge >= 0.3 is 112 Å². The molecule has 1 aromatic carbocycles. The molecule has 0 bridgehead atoms. The van der Waals surface area contributed by atoms with E-state index in [0.29, 0.717) is 4.47 Å². The number of hydrogen-bond donors (Lipinski definition) is 1. The Kier molecular flexibility index (Phi) is 3.72. The van der Waals surface area contributed by atoms with Gasteiger partial charge in [-0.1, -0.05) is 0 Å². The van der Waals surface area contributed by atoms with Gasteiger partial charge in [-0.3, -0.25) is 0 Å². The summed E-state index contributed by atoms with van der Waals surface area (Å²) in [6, 6.07) is 7.62. The molecule has 0 saturated carbocycles. The predicted octanol–water partition coefficient (Wildman–Crippen LogP) is 1.10. The van der Waals surface area contributed by atoms with Gasteiger partial charge in [0.05, 0.1) is 0 Å². The number of aliphatic hydroxyl groups excluding tert-OH is 1. The second kappa shape index (κ2) is 4.90. The maximum atomic E-state index is 11.1. The van der Waals surface area contributed by atoms with Crippen LogP contribution in [0.3, 0.4) is 0 Å². The van der Waals surface area contributed by atoms with Crippen molar-refractivity contribution in [3.05, 3.63) is 38.2 Å². The third kappa shape index (κ3) is 2.50. The number of rotatable bonds is 2. The van der Waals surface area contributed by atoms with Gasteiger partial charge in [0, 0.05) is 0 Å². The van der Waals surface area contributed by atoms with E-state index >= 15 is 0 Å². The summed E-state index contributed by atoms with van der Waals surface area (Å²) >= 11 is 8.88. The summed E-state index contributed by atoms with van der Waals surface area (Å²) in [5.41, 5.74) is 0. The van der Waals surface area contributed by atoms with Crippen molar-refractivity contribution < 1.29 is 14.6 Å². The quantitative estimate of drug-likeness (QED) is 0.628. The summed E-state index contributed by atoms with van der Waals surface area (Å²) in [4.78, 5) is 11.1. The van der Waals surface area contributed by atoms with E-state index in [1.165, 1.54) is 0 Å². The Balaban J connectivity index is 2.22. The van der Waals surface area contributed by atoms with Gasteiger partial charge in [-0.25, -0.2) is 0 Å². The third-order valence-corrected chi connectivity index (χ3v) is 5.40. The van der Waals surface area contributed by atoms with E-state index in [2.05, 4.69) is 20.7 Å². The summed E-state index contributed by atoms with van der Waals surface area (Å²) in [6.07, 6.45) is -1.19. The van der Waals surface area contributed by atoms with Crippen LogP contribution < -0.4 is 4.46 Å². The minimum absolute atomic E-state index is 0.00965. The molecule has 3 nitrogen and oxygen atoms in total. The van der Waals surface area contributed by atoms with Crippen molar-refractivity contribution in [2.45, 2.75) is 6.29 Å². The van der Waals surface area contributed by atoms with Gasteiger partial charge in [0.2, 0.25) is 0 Å². The number of carbonyl (C=O) groups excluding carboxylic acids is 1. The summed E-state index contributed by atoms with van der Waals surface area (Å²) in [5.74, 6) is -0.650. The molecule has 1 N–H and O–H groups in total. The van der Waals surface area contributed by atoms with Crippen LogP contribution in [0.1, 0.15) is 0 Å². The molecule has 0 fully saturated rings. The molecule has 84 valence electrons. The van der Waals surface area contributed by atoms with Crippen LogP contribution >= 0.6 is 27.5 Å². The van der Waals surface area contributed by atoms with Crippen LogP contribution in [0.25, 0.3) is 0 Å². The van der Waals surface area contributed by atoms with Gasteiger partial charge < -0.3 is 0 Å². The SMILES string of the molecule is O=C1OC(O)C([Se]c2ccc(Br)cc2)=C1Cl. The first-order valence-electron chi connectivity index (χ1n) is 4.30. The third-order valence-electron chi connectivity index (χ3n) is 1.88. The molecular formula is C10H6BrClO3Se. The number of carbonyl (C=O) groups is 1. The van der Waals surface area contributed by atoms with Crippen molar-refractivity contribution >= 4 is 52.9 Å². The van der Waals surface area contributed by atoms with Crippen LogP contribution in [0.4, 0.5) is 0 Å². The minimum atomic E-state index is -1.19. The van der Waals surface area contributed by atoms with Gasteiger partial charge in [-0.05, 0) is 0 Å². The van der Waals surface area contributed by atoms with Crippen molar-refractivity contribution in [2.75, 3.05) is 0 Å². The normalized spacial score (nSPS) is 20.2. The molecule has 0 saturated heterocycles. The fraction of sp³-hybridized carbons (Fsp3) is 0.100. The van der Waals surface area contributed by atoms with Crippen LogP contribution in [0.5, 0.6) is 0 Å². The number of hydrogen-bond acceptors (Lipinski definition) is 3. The van der Waals surface area contributed by atoms with Gasteiger partial charge in [0.1, 0.15) is 0 Å². The number of esters is 1. The van der Waals surface area contributed by atoms with Gasteiger partial charge in [0.15, 0.2) is 0 Å². The zero-order valence-electron chi connectivity index (χ0n) is 7.81. The standard InChI is InChI=1S/C10H6BrClO3Se/c11-5-1-3-6(4-2-5)16-8-7(12)9(13)15-10(8)14/h1-4,10,14H. The molecule has 0 spiro atoms. The Morgan fingerprint density at radius 3 is 2.50 bits per heavy atom. The molecule has 1 heterocycles. The molecule has 1 aliphatic rings. The Morgan fingerprint density at radius 2 is 2.00 bits per heavy atom. The molecular weight excluding hydrogens is 362 g/mol. The molecule has 1 aromatic rings. The summed E-state index contributed by atoms with van der Waals surface area (Å²) in [5, 5.41) is 9.48. The Bertz CT molecular complexity index is 458. The Morgan fingerprint density at radius 1 is 1.38 bits per heavy atom. The van der Waals surface area contributed by atoms with E-state index in [4.69, 9.17) is 11.6 Å². The number of aliphatic hydroxyl groups is 1. The average Bonchev–Trinajstić information content (AvgIpc) is 2.48. The molecule has 1 atom stereocenters. The van der Waals surface area contributed by atoms with Gasteiger partial charge in [-0.2, -0.15) is 0 Å². The van der Waals surface area contributed by atoms with Crippen LogP contribution in [-0.2, 0) is 9.53 Å². The summed E-state index contributed by atoms with van der Waals surface area (Å²) in [7, 11) is 0. The molecule has 0 aliphatic carbocycles. The second-order valence-electron chi connectivity index (χ2n) is 2.99. The zero-order valence-corrected chi connectivity index (χ0v) is 11.9. The number of cyclic esters (lactones) is 1. The number of ether oxygens (including phenoxy) is 1. The summed E-state index contributed by atoms with van der Waals surface area (Å²) < 4.78 is 7.07. The van der Waals surface area contributed by atoms with Crippen molar-refractivity contribution in [1.29, 1.82) is 0 Å². The van der Waals surface area contributed by atoms with Crippen LogP contribution in [0.2, 0.25) is 0 Å². The second-order valence-corrected chi connectivity index (χ2v) is 6.63. The van der Waals surface area contributed by atoms with Crippen molar-refractivity contribution in [3.63, 3.8) is 0 Å². The molecule has 16 heavy (non-hydrogen) atoms. The van der Waals surface area contributed by atoms with Crippen molar-refractivity contribution in [2.24, 2.45) is 0 Å². The Hall–Kier alpha value is -0.321. The zero-order chi connectivity index (χ0) is 11.7.